The number of nitrogens with zero attached hydrogens (tertiary/aromatic N) is 2. The van der Waals surface area contributed by atoms with Gasteiger partial charge in [0.25, 0.3) is 5.69 Å². The summed E-state index contributed by atoms with van der Waals surface area (Å²) in [4.78, 5) is 23.6. The van der Waals surface area contributed by atoms with Crippen LogP contribution in [0.3, 0.4) is 0 Å². The number of nitro groups is 1. The Kier molecular flexibility index (Phi) is 5.12. The number of anilines is 1. The minimum Gasteiger partial charge on any atom is -0.494 e. The molecule has 120 valence electrons. The van der Waals surface area contributed by atoms with Crippen molar-refractivity contribution in [2.75, 3.05) is 45.7 Å². The summed E-state index contributed by atoms with van der Waals surface area (Å²) >= 11 is 0. The number of benzene rings is 1. The Morgan fingerprint density at radius 2 is 2.09 bits per heavy atom. The minimum atomic E-state index is -0.515. The van der Waals surface area contributed by atoms with Crippen LogP contribution >= 0.6 is 0 Å². The third-order valence-electron chi connectivity index (χ3n) is 3.52. The van der Waals surface area contributed by atoms with Crippen LogP contribution in [0.2, 0.25) is 0 Å². The number of ether oxygens (including phenoxy) is 1. The van der Waals surface area contributed by atoms with Crippen LogP contribution < -0.4 is 20.4 Å². The highest BCUT2D eigenvalue weighted by Crippen LogP contribution is 2.28. The summed E-state index contributed by atoms with van der Waals surface area (Å²) in [6.45, 7) is 3.47. The van der Waals surface area contributed by atoms with Crippen molar-refractivity contribution in [2.24, 2.45) is 0 Å². The van der Waals surface area contributed by atoms with Crippen molar-refractivity contribution in [3.8, 4) is 5.75 Å². The maximum Gasteiger partial charge on any atom is 0.333 e. The molecule has 9 nitrogen and oxygen atoms in total. The summed E-state index contributed by atoms with van der Waals surface area (Å²) in [5.41, 5.74) is 3.04. The fraction of sp³-hybridized carbons (Fsp3) is 0.462. The summed E-state index contributed by atoms with van der Waals surface area (Å²) in [5, 5.41) is 15.2. The van der Waals surface area contributed by atoms with Crippen LogP contribution in [0.5, 0.6) is 5.75 Å². The first-order chi connectivity index (χ1) is 10.5. The summed E-state index contributed by atoms with van der Waals surface area (Å²) in [6.07, 6.45) is 0. The number of carbonyl (C=O) groups excluding carboxylic acids is 1. The number of nitro benzene ring substituents is 1. The first-order valence-corrected chi connectivity index (χ1v) is 6.96. The van der Waals surface area contributed by atoms with Crippen LogP contribution in [0.15, 0.2) is 18.2 Å². The first-order valence-electron chi connectivity index (χ1n) is 6.96. The number of quaternary nitrogens is 1. The van der Waals surface area contributed by atoms with Gasteiger partial charge in [-0.3, -0.25) is 15.5 Å². The molecule has 0 atom stereocenters. The number of urea groups is 1. The Morgan fingerprint density at radius 3 is 2.68 bits per heavy atom. The van der Waals surface area contributed by atoms with E-state index in [1.165, 1.54) is 30.2 Å². The number of methoxy groups -OCH3 is 1. The van der Waals surface area contributed by atoms with Crippen LogP contribution in [0.4, 0.5) is 16.2 Å². The van der Waals surface area contributed by atoms with Crippen LogP contribution in [-0.2, 0) is 0 Å². The number of carbonyl (C=O) groups is 1. The summed E-state index contributed by atoms with van der Waals surface area (Å²) in [7, 11) is 3.50. The number of hydrogen-bond acceptors (Lipinski definition) is 5. The highest BCUT2D eigenvalue weighted by molar-refractivity contribution is 5.90. The quantitative estimate of drug-likeness (QED) is 0.513. The molecule has 9 heteroatoms. The fourth-order valence-electron chi connectivity index (χ4n) is 2.19. The van der Waals surface area contributed by atoms with Gasteiger partial charge in [-0.25, -0.2) is 9.80 Å². The van der Waals surface area contributed by atoms with Gasteiger partial charge < -0.3 is 15.0 Å². The molecule has 1 aliphatic rings. The van der Waals surface area contributed by atoms with Crippen molar-refractivity contribution in [2.45, 2.75) is 0 Å². The lowest BCUT2D eigenvalue weighted by Crippen LogP contribution is -3.12. The van der Waals surface area contributed by atoms with Gasteiger partial charge in [0.05, 0.1) is 57.0 Å². The number of amides is 2. The zero-order valence-corrected chi connectivity index (χ0v) is 12.6. The molecule has 1 fully saturated rings. The van der Waals surface area contributed by atoms with Gasteiger partial charge in [0.1, 0.15) is 5.75 Å². The van der Waals surface area contributed by atoms with E-state index in [9.17, 15) is 14.9 Å². The SMILES string of the molecule is COc1cc([N+](=O)[O-])ccc1NC(=O)NN1CC[NH+](C)CC1. The van der Waals surface area contributed by atoms with Crippen molar-refractivity contribution in [1.82, 2.24) is 10.4 Å². The number of hydrogen-bond donors (Lipinski definition) is 3. The van der Waals surface area contributed by atoms with E-state index in [-0.39, 0.29) is 11.4 Å². The fourth-order valence-corrected chi connectivity index (χ4v) is 2.19. The van der Waals surface area contributed by atoms with Crippen LogP contribution in [-0.4, -0.2) is 56.3 Å². The Labute approximate surface area is 127 Å². The summed E-state index contributed by atoms with van der Waals surface area (Å²) < 4.78 is 5.08. The Hall–Kier alpha value is -2.39. The van der Waals surface area contributed by atoms with Crippen LogP contribution in [0.25, 0.3) is 0 Å². The molecule has 1 aromatic carbocycles. The molecule has 0 bridgehead atoms. The largest absolute Gasteiger partial charge is 0.494 e. The molecule has 0 saturated carbocycles. The smallest absolute Gasteiger partial charge is 0.333 e. The predicted octanol–water partition coefficient (Wildman–Crippen LogP) is -0.530. The lowest BCUT2D eigenvalue weighted by Gasteiger charge is -2.30. The molecule has 0 unspecified atom stereocenters. The molecule has 1 aromatic rings. The molecule has 2 amide bonds. The molecule has 1 saturated heterocycles. The van der Waals surface area contributed by atoms with E-state index in [1.807, 2.05) is 5.01 Å². The second-order valence-corrected chi connectivity index (χ2v) is 5.15. The lowest BCUT2D eigenvalue weighted by molar-refractivity contribution is -0.884. The average molecular weight is 310 g/mol. The van der Waals surface area contributed by atoms with E-state index < -0.39 is 11.0 Å². The number of nitrogens with one attached hydrogen (secondary N) is 3. The Bertz CT molecular complexity index is 557. The van der Waals surface area contributed by atoms with E-state index in [0.29, 0.717) is 5.69 Å². The van der Waals surface area contributed by atoms with Gasteiger partial charge in [0.15, 0.2) is 0 Å². The van der Waals surface area contributed by atoms with E-state index >= 15 is 0 Å². The van der Waals surface area contributed by atoms with Gasteiger partial charge in [-0.05, 0) is 6.07 Å². The van der Waals surface area contributed by atoms with Gasteiger partial charge in [-0.15, -0.1) is 0 Å². The second kappa shape index (κ2) is 7.05. The van der Waals surface area contributed by atoms with Gasteiger partial charge >= 0.3 is 6.03 Å². The summed E-state index contributed by atoms with van der Waals surface area (Å²) in [5.74, 6) is 0.243. The third-order valence-corrected chi connectivity index (χ3v) is 3.52. The van der Waals surface area contributed by atoms with Gasteiger partial charge in [-0.2, -0.15) is 0 Å². The zero-order valence-electron chi connectivity index (χ0n) is 12.6. The van der Waals surface area contributed by atoms with Gasteiger partial charge in [-0.1, -0.05) is 0 Å². The maximum atomic E-state index is 12.0. The minimum absolute atomic E-state index is 0.0927. The van der Waals surface area contributed by atoms with Gasteiger partial charge in [0, 0.05) is 6.07 Å². The highest BCUT2D eigenvalue weighted by Gasteiger charge is 2.19. The number of piperazine rings is 1. The van der Waals surface area contributed by atoms with Crippen LogP contribution in [0, 0.1) is 10.1 Å². The van der Waals surface area contributed by atoms with Crippen molar-refractivity contribution >= 4 is 17.4 Å². The van der Waals surface area contributed by atoms with Gasteiger partial charge in [0.2, 0.25) is 0 Å². The first kappa shape index (κ1) is 16.0. The standard InChI is InChI=1S/C13H19N5O4/c1-16-5-7-17(8-6-16)15-13(19)14-11-4-3-10(18(20)21)9-12(11)22-2/h3-4,9H,5-8H2,1-2H3,(H2,14,15,19)/p+1. The molecule has 0 aromatic heterocycles. The van der Waals surface area contributed by atoms with Crippen molar-refractivity contribution in [1.29, 1.82) is 0 Å². The number of rotatable bonds is 4. The third kappa shape index (κ3) is 4.06. The predicted molar refractivity (Wildman–Crippen MR) is 80.0 cm³/mol. The topological polar surface area (TPSA) is 101 Å². The molecule has 1 aliphatic heterocycles. The number of likely N-dealkylation sites (N-methyl/N-ethyl adjacent to an activating group) is 1. The maximum absolute atomic E-state index is 12.0. The highest BCUT2D eigenvalue weighted by atomic mass is 16.6. The Morgan fingerprint density at radius 1 is 1.41 bits per heavy atom. The summed E-state index contributed by atoms with van der Waals surface area (Å²) in [6, 6.07) is 3.64. The molecule has 3 N–H and O–H groups in total. The molecule has 2 rings (SSSR count). The monoisotopic (exact) mass is 310 g/mol. The Balaban J connectivity index is 1.97. The van der Waals surface area contributed by atoms with E-state index in [4.69, 9.17) is 4.74 Å². The van der Waals surface area contributed by atoms with E-state index in [2.05, 4.69) is 17.8 Å². The molecule has 0 aliphatic carbocycles. The van der Waals surface area contributed by atoms with E-state index in [1.54, 1.807) is 0 Å². The molecule has 0 spiro atoms. The second-order valence-electron chi connectivity index (χ2n) is 5.15. The molecular weight excluding hydrogens is 290 g/mol. The lowest BCUT2D eigenvalue weighted by atomic mass is 10.2. The molecule has 1 heterocycles. The molecular formula is C13H20N5O4+. The number of hydrazine groups is 1. The normalized spacial score (nSPS) is 16.1. The molecule has 22 heavy (non-hydrogen) atoms. The molecule has 0 radical (unpaired) electrons. The van der Waals surface area contributed by atoms with Crippen molar-refractivity contribution < 1.29 is 19.4 Å². The average Bonchev–Trinajstić information content (AvgIpc) is 2.49. The van der Waals surface area contributed by atoms with Crippen molar-refractivity contribution in [3.05, 3.63) is 28.3 Å². The zero-order chi connectivity index (χ0) is 16.1. The van der Waals surface area contributed by atoms with Crippen LogP contribution in [0.1, 0.15) is 0 Å². The van der Waals surface area contributed by atoms with E-state index in [0.717, 1.165) is 26.2 Å². The van der Waals surface area contributed by atoms with Crippen molar-refractivity contribution in [3.63, 3.8) is 0 Å². The number of non-ortho nitro benzene ring substituents is 1.